The molecule has 0 aliphatic carbocycles. The molecule has 5 nitrogen and oxygen atoms in total. The molecule has 1 rings (SSSR count). The van der Waals surface area contributed by atoms with Gasteiger partial charge in [0.1, 0.15) is 11.3 Å². The molecular weight excluding hydrogens is 303 g/mol. The zero-order chi connectivity index (χ0) is 17.6. The summed E-state index contributed by atoms with van der Waals surface area (Å²) < 4.78 is 50.4. The highest BCUT2D eigenvalue weighted by Gasteiger charge is 2.64. The van der Waals surface area contributed by atoms with Crippen LogP contribution in [0.15, 0.2) is 0 Å². The van der Waals surface area contributed by atoms with E-state index in [1.54, 1.807) is 20.8 Å². The Labute approximate surface area is 128 Å². The van der Waals surface area contributed by atoms with E-state index in [1.807, 2.05) is 0 Å². The molecule has 1 heterocycles. The Morgan fingerprint density at radius 2 is 1.86 bits per heavy atom. The Hall–Kier alpha value is -1.02. The van der Waals surface area contributed by atoms with Crippen LogP contribution in [0.2, 0.25) is 0 Å². The fraction of sp³-hybridized carbons (Fsp3) is 0.929. The maximum Gasteiger partial charge on any atom is 0.419 e. The number of ether oxygens (including phenoxy) is 2. The van der Waals surface area contributed by atoms with Crippen LogP contribution in [-0.4, -0.2) is 51.9 Å². The van der Waals surface area contributed by atoms with Gasteiger partial charge in [-0.15, -0.1) is 0 Å². The largest absolute Gasteiger partial charge is 0.444 e. The third-order valence-corrected chi connectivity index (χ3v) is 3.66. The van der Waals surface area contributed by atoms with Gasteiger partial charge >= 0.3 is 12.3 Å². The number of alkyl halides is 3. The molecule has 2 atom stereocenters. The van der Waals surface area contributed by atoms with Crippen LogP contribution in [-0.2, 0) is 9.47 Å². The van der Waals surface area contributed by atoms with Gasteiger partial charge in [-0.2, -0.15) is 13.2 Å². The van der Waals surface area contributed by atoms with Gasteiger partial charge in [0, 0.05) is 0 Å². The average molecular weight is 327 g/mol. The van der Waals surface area contributed by atoms with Crippen molar-refractivity contribution in [2.75, 3.05) is 6.61 Å². The second-order valence-electron chi connectivity index (χ2n) is 6.90. The molecule has 0 aromatic heterocycles. The van der Waals surface area contributed by atoms with Crippen LogP contribution >= 0.6 is 0 Å². The predicted molar refractivity (Wildman–Crippen MR) is 73.2 cm³/mol. The number of aliphatic hydroxyl groups is 1. The number of hydrogen-bond donors (Lipinski definition) is 1. The third-order valence-electron chi connectivity index (χ3n) is 3.66. The Balaban J connectivity index is 3.22. The first kappa shape index (κ1) is 19.0. The number of amides is 1. The maximum absolute atomic E-state index is 13.3. The number of halogens is 3. The Bertz CT molecular complexity index is 431. The number of rotatable bonds is 2. The van der Waals surface area contributed by atoms with Crippen molar-refractivity contribution >= 4 is 6.09 Å². The fourth-order valence-electron chi connectivity index (χ4n) is 2.44. The van der Waals surface area contributed by atoms with E-state index in [2.05, 4.69) is 0 Å². The van der Waals surface area contributed by atoms with Crippen molar-refractivity contribution in [2.45, 2.75) is 77.1 Å². The molecule has 1 N–H and O–H groups in total. The van der Waals surface area contributed by atoms with Crippen molar-refractivity contribution < 1.29 is 32.5 Å². The van der Waals surface area contributed by atoms with Crippen LogP contribution in [0.1, 0.15) is 48.0 Å². The van der Waals surface area contributed by atoms with Gasteiger partial charge in [-0.3, -0.25) is 4.90 Å². The van der Waals surface area contributed by atoms with Gasteiger partial charge in [-0.1, -0.05) is 6.92 Å². The van der Waals surface area contributed by atoms with E-state index in [-0.39, 0.29) is 0 Å². The summed E-state index contributed by atoms with van der Waals surface area (Å²) in [6, 6.07) is -1.57. The van der Waals surface area contributed by atoms with Crippen molar-refractivity contribution in [3.63, 3.8) is 0 Å². The smallest absolute Gasteiger partial charge is 0.419 e. The minimum absolute atomic E-state index is 0.421. The first-order valence-electron chi connectivity index (χ1n) is 7.11. The van der Waals surface area contributed by atoms with Gasteiger partial charge in [0.05, 0.1) is 12.6 Å². The SMILES string of the molecule is CC[C@@](O)([C@H]1COC(C)(C)N1C(=O)OC(C)(C)C)C(F)(F)F. The minimum atomic E-state index is -4.89. The second-order valence-corrected chi connectivity index (χ2v) is 6.90. The lowest BCUT2D eigenvalue weighted by molar-refractivity contribution is -0.278. The molecule has 0 aromatic rings. The van der Waals surface area contributed by atoms with E-state index in [0.717, 1.165) is 4.90 Å². The summed E-state index contributed by atoms with van der Waals surface area (Å²) in [5.74, 6) is 0. The topological polar surface area (TPSA) is 59.0 Å². The Morgan fingerprint density at radius 3 is 2.23 bits per heavy atom. The van der Waals surface area contributed by atoms with Crippen molar-refractivity contribution in [2.24, 2.45) is 0 Å². The van der Waals surface area contributed by atoms with E-state index in [1.165, 1.54) is 20.8 Å². The Kier molecular flexibility index (Phi) is 4.81. The molecule has 130 valence electrons. The van der Waals surface area contributed by atoms with Crippen LogP contribution in [0.4, 0.5) is 18.0 Å². The Morgan fingerprint density at radius 1 is 1.36 bits per heavy atom. The normalized spacial score (nSPS) is 25.0. The molecule has 0 spiro atoms. The van der Waals surface area contributed by atoms with Gasteiger partial charge in [-0.05, 0) is 41.0 Å². The highest BCUT2D eigenvalue weighted by molar-refractivity contribution is 5.70. The van der Waals surface area contributed by atoms with E-state index in [9.17, 15) is 23.1 Å². The van der Waals surface area contributed by atoms with Crippen molar-refractivity contribution in [1.82, 2.24) is 4.90 Å². The van der Waals surface area contributed by atoms with Gasteiger partial charge in [0.25, 0.3) is 0 Å². The van der Waals surface area contributed by atoms with Crippen LogP contribution < -0.4 is 0 Å². The van der Waals surface area contributed by atoms with Gasteiger partial charge in [0.2, 0.25) is 0 Å². The van der Waals surface area contributed by atoms with Gasteiger partial charge in [0.15, 0.2) is 5.60 Å². The molecule has 1 amide bonds. The molecule has 22 heavy (non-hydrogen) atoms. The number of nitrogens with zero attached hydrogens (tertiary/aromatic N) is 1. The van der Waals surface area contributed by atoms with Crippen LogP contribution in [0.3, 0.4) is 0 Å². The summed E-state index contributed by atoms with van der Waals surface area (Å²) in [6.45, 7) is 8.55. The lowest BCUT2D eigenvalue weighted by Crippen LogP contribution is -2.63. The molecule has 1 aliphatic rings. The van der Waals surface area contributed by atoms with Crippen molar-refractivity contribution in [3.8, 4) is 0 Å². The molecule has 1 fully saturated rings. The number of carbonyl (C=O) groups is 1. The molecule has 0 aromatic carbocycles. The molecular formula is C14H24F3NO4. The van der Waals surface area contributed by atoms with E-state index < -0.39 is 48.3 Å². The summed E-state index contributed by atoms with van der Waals surface area (Å²) in [7, 11) is 0. The lowest BCUT2D eigenvalue weighted by atomic mass is 9.89. The van der Waals surface area contributed by atoms with E-state index >= 15 is 0 Å². The lowest BCUT2D eigenvalue weighted by Gasteiger charge is -2.42. The van der Waals surface area contributed by atoms with Crippen LogP contribution in [0.25, 0.3) is 0 Å². The molecule has 1 saturated heterocycles. The average Bonchev–Trinajstić information content (AvgIpc) is 2.60. The maximum atomic E-state index is 13.3. The molecule has 0 unspecified atom stereocenters. The fourth-order valence-corrected chi connectivity index (χ4v) is 2.44. The van der Waals surface area contributed by atoms with Gasteiger partial charge in [-0.25, -0.2) is 4.79 Å². The summed E-state index contributed by atoms with van der Waals surface area (Å²) >= 11 is 0. The van der Waals surface area contributed by atoms with E-state index in [4.69, 9.17) is 9.47 Å². The summed E-state index contributed by atoms with van der Waals surface area (Å²) in [6.07, 6.45) is -6.44. The first-order chi connectivity index (χ1) is 9.66. The third kappa shape index (κ3) is 3.48. The molecule has 0 saturated carbocycles. The van der Waals surface area contributed by atoms with Crippen LogP contribution in [0.5, 0.6) is 0 Å². The van der Waals surface area contributed by atoms with Gasteiger partial charge < -0.3 is 14.6 Å². The molecule has 0 radical (unpaired) electrons. The van der Waals surface area contributed by atoms with Crippen LogP contribution in [0, 0.1) is 0 Å². The summed E-state index contributed by atoms with van der Waals surface area (Å²) in [5.41, 5.74) is -5.23. The molecule has 0 bridgehead atoms. The molecule has 8 heteroatoms. The summed E-state index contributed by atoms with van der Waals surface area (Å²) in [5, 5.41) is 10.2. The standard InChI is InChI=1S/C14H24F3NO4/c1-7-13(20,14(15,16)17)9-8-21-12(5,6)18(9)10(19)22-11(2,3)4/h9,20H,7-8H2,1-6H3/t9-,13-/m1/s1. The number of hydrogen-bond acceptors (Lipinski definition) is 4. The molecule has 1 aliphatic heterocycles. The predicted octanol–water partition coefficient (Wildman–Crippen LogP) is 3.06. The zero-order valence-electron chi connectivity index (χ0n) is 13.7. The zero-order valence-corrected chi connectivity index (χ0v) is 13.7. The first-order valence-corrected chi connectivity index (χ1v) is 7.11. The monoisotopic (exact) mass is 327 g/mol. The van der Waals surface area contributed by atoms with Crippen molar-refractivity contribution in [1.29, 1.82) is 0 Å². The highest BCUT2D eigenvalue weighted by atomic mass is 19.4. The van der Waals surface area contributed by atoms with E-state index in [0.29, 0.717) is 0 Å². The quantitative estimate of drug-likeness (QED) is 0.847. The second kappa shape index (κ2) is 5.56. The highest BCUT2D eigenvalue weighted by Crippen LogP contribution is 2.43. The summed E-state index contributed by atoms with van der Waals surface area (Å²) in [4.78, 5) is 13.2. The number of carbonyl (C=O) groups excluding carboxylic acids is 1. The van der Waals surface area contributed by atoms with Crippen molar-refractivity contribution in [3.05, 3.63) is 0 Å². The minimum Gasteiger partial charge on any atom is -0.444 e.